The zero-order valence-corrected chi connectivity index (χ0v) is 17.1. The summed E-state index contributed by atoms with van der Waals surface area (Å²) in [7, 11) is 4.75. The van der Waals surface area contributed by atoms with E-state index < -0.39 is 0 Å². The van der Waals surface area contributed by atoms with Crippen LogP contribution < -0.4 is 19.5 Å². The second-order valence-electron chi connectivity index (χ2n) is 6.55. The standard InChI is InChI=1S/C20H22N4O3S/c1-11-18(28-19(22-11)12-5-6-12)14-7-8-21-20(24-14)23-13-9-15(25-2)17(27-4)16(10-13)26-3/h7-10,12H,5-6H2,1-4H3,(H,21,23,24). The summed E-state index contributed by atoms with van der Waals surface area (Å²) in [6, 6.07) is 5.55. The number of rotatable bonds is 7. The summed E-state index contributed by atoms with van der Waals surface area (Å²) in [6.45, 7) is 2.03. The van der Waals surface area contributed by atoms with Gasteiger partial charge in [-0.05, 0) is 25.8 Å². The molecule has 8 heteroatoms. The molecule has 1 N–H and O–H groups in total. The van der Waals surface area contributed by atoms with E-state index in [9.17, 15) is 0 Å². The number of nitrogens with one attached hydrogen (secondary N) is 1. The van der Waals surface area contributed by atoms with Gasteiger partial charge in [0.05, 0.1) is 42.6 Å². The molecule has 1 aliphatic rings. The highest BCUT2D eigenvalue weighted by molar-refractivity contribution is 7.15. The smallest absolute Gasteiger partial charge is 0.227 e. The molecular weight excluding hydrogens is 376 g/mol. The summed E-state index contributed by atoms with van der Waals surface area (Å²) in [4.78, 5) is 14.8. The summed E-state index contributed by atoms with van der Waals surface area (Å²) >= 11 is 1.73. The Labute approximate surface area is 167 Å². The molecule has 0 saturated heterocycles. The molecule has 0 spiro atoms. The number of nitrogens with zero attached hydrogens (tertiary/aromatic N) is 3. The van der Waals surface area contributed by atoms with E-state index in [0.29, 0.717) is 29.1 Å². The molecule has 0 radical (unpaired) electrons. The van der Waals surface area contributed by atoms with Crippen LogP contribution in [0.5, 0.6) is 17.2 Å². The lowest BCUT2D eigenvalue weighted by atomic mass is 10.2. The van der Waals surface area contributed by atoms with Crippen LogP contribution in [0.1, 0.15) is 29.5 Å². The van der Waals surface area contributed by atoms with Crippen LogP contribution >= 0.6 is 11.3 Å². The Hall–Kier alpha value is -2.87. The van der Waals surface area contributed by atoms with E-state index in [1.165, 1.54) is 17.8 Å². The lowest BCUT2D eigenvalue weighted by Crippen LogP contribution is -2.00. The minimum atomic E-state index is 0.493. The van der Waals surface area contributed by atoms with Crippen molar-refractivity contribution in [2.45, 2.75) is 25.7 Å². The molecule has 1 saturated carbocycles. The van der Waals surface area contributed by atoms with E-state index >= 15 is 0 Å². The topological polar surface area (TPSA) is 78.4 Å². The van der Waals surface area contributed by atoms with Gasteiger partial charge >= 0.3 is 0 Å². The number of thiazole rings is 1. The molecule has 1 aromatic carbocycles. The van der Waals surface area contributed by atoms with Gasteiger partial charge in [-0.1, -0.05) is 0 Å². The van der Waals surface area contributed by atoms with Gasteiger partial charge in [0.15, 0.2) is 11.5 Å². The summed E-state index contributed by atoms with van der Waals surface area (Å²) in [6.07, 6.45) is 4.23. The third-order valence-electron chi connectivity index (χ3n) is 4.55. The van der Waals surface area contributed by atoms with Crippen LogP contribution in [0, 0.1) is 6.92 Å². The van der Waals surface area contributed by atoms with Crippen LogP contribution in [0.2, 0.25) is 0 Å². The molecule has 28 heavy (non-hydrogen) atoms. The molecule has 7 nitrogen and oxygen atoms in total. The first-order chi connectivity index (χ1) is 13.6. The number of hydrogen-bond acceptors (Lipinski definition) is 8. The van der Waals surface area contributed by atoms with E-state index in [4.69, 9.17) is 19.2 Å². The highest BCUT2D eigenvalue weighted by Gasteiger charge is 2.28. The number of methoxy groups -OCH3 is 3. The van der Waals surface area contributed by atoms with Crippen LogP contribution in [0.4, 0.5) is 11.6 Å². The molecule has 0 amide bonds. The average molecular weight is 398 g/mol. The molecule has 0 unspecified atom stereocenters. The fraction of sp³-hybridized carbons (Fsp3) is 0.350. The first kappa shape index (κ1) is 18.5. The van der Waals surface area contributed by atoms with Crippen molar-refractivity contribution in [2.24, 2.45) is 0 Å². The minimum absolute atomic E-state index is 0.493. The van der Waals surface area contributed by atoms with Crippen LogP contribution in [0.3, 0.4) is 0 Å². The Morgan fingerprint density at radius 1 is 1.04 bits per heavy atom. The predicted octanol–water partition coefficient (Wildman–Crippen LogP) is 4.56. The normalized spacial score (nSPS) is 13.3. The third kappa shape index (κ3) is 3.60. The zero-order valence-electron chi connectivity index (χ0n) is 16.3. The monoisotopic (exact) mass is 398 g/mol. The highest BCUT2D eigenvalue weighted by atomic mass is 32.1. The molecule has 146 valence electrons. The van der Waals surface area contributed by atoms with Crippen molar-refractivity contribution >= 4 is 23.0 Å². The number of anilines is 2. The number of aromatic nitrogens is 3. The molecule has 1 aliphatic carbocycles. The van der Waals surface area contributed by atoms with Crippen molar-refractivity contribution < 1.29 is 14.2 Å². The fourth-order valence-corrected chi connectivity index (χ4v) is 4.19. The molecule has 2 aromatic heterocycles. The zero-order chi connectivity index (χ0) is 19.7. The maximum Gasteiger partial charge on any atom is 0.227 e. The Balaban J connectivity index is 1.64. The minimum Gasteiger partial charge on any atom is -0.493 e. The number of hydrogen-bond donors (Lipinski definition) is 1. The molecular formula is C20H22N4O3S. The second-order valence-corrected chi connectivity index (χ2v) is 7.58. The van der Waals surface area contributed by atoms with Gasteiger partial charge in [-0.15, -0.1) is 11.3 Å². The third-order valence-corrected chi connectivity index (χ3v) is 5.89. The highest BCUT2D eigenvalue weighted by Crippen LogP contribution is 2.44. The van der Waals surface area contributed by atoms with Gasteiger partial charge in [0.1, 0.15) is 0 Å². The van der Waals surface area contributed by atoms with Crippen molar-refractivity contribution in [1.82, 2.24) is 15.0 Å². The quantitative estimate of drug-likeness (QED) is 0.625. The van der Waals surface area contributed by atoms with Gasteiger partial charge < -0.3 is 19.5 Å². The van der Waals surface area contributed by atoms with Crippen LogP contribution in [0.25, 0.3) is 10.6 Å². The largest absolute Gasteiger partial charge is 0.493 e. The van der Waals surface area contributed by atoms with E-state index in [0.717, 1.165) is 22.0 Å². The summed E-state index contributed by atoms with van der Waals surface area (Å²) in [5, 5.41) is 4.44. The van der Waals surface area contributed by atoms with Crippen LogP contribution in [0.15, 0.2) is 24.4 Å². The van der Waals surface area contributed by atoms with E-state index in [-0.39, 0.29) is 0 Å². The van der Waals surface area contributed by atoms with E-state index in [2.05, 4.69) is 15.3 Å². The number of ether oxygens (including phenoxy) is 3. The summed E-state index contributed by atoms with van der Waals surface area (Å²) in [5.74, 6) is 2.79. The van der Waals surface area contributed by atoms with Crippen molar-refractivity contribution in [3.63, 3.8) is 0 Å². The molecule has 3 aromatic rings. The number of aryl methyl sites for hydroxylation is 1. The molecule has 0 bridgehead atoms. The average Bonchev–Trinajstić information content (AvgIpc) is 3.49. The van der Waals surface area contributed by atoms with Gasteiger partial charge in [-0.2, -0.15) is 0 Å². The van der Waals surface area contributed by atoms with E-state index in [1.807, 2.05) is 25.1 Å². The predicted molar refractivity (Wildman–Crippen MR) is 109 cm³/mol. The Kier molecular flexibility index (Phi) is 5.04. The van der Waals surface area contributed by atoms with Crippen LogP contribution in [-0.4, -0.2) is 36.3 Å². The molecule has 1 fully saturated rings. The van der Waals surface area contributed by atoms with Gasteiger partial charge in [0.25, 0.3) is 0 Å². The van der Waals surface area contributed by atoms with Gasteiger partial charge in [0, 0.05) is 29.9 Å². The van der Waals surface area contributed by atoms with Gasteiger partial charge in [-0.25, -0.2) is 15.0 Å². The van der Waals surface area contributed by atoms with Crippen LogP contribution in [-0.2, 0) is 0 Å². The maximum absolute atomic E-state index is 5.40. The Morgan fingerprint density at radius 3 is 2.36 bits per heavy atom. The van der Waals surface area contributed by atoms with Crippen molar-refractivity contribution in [3.8, 4) is 27.8 Å². The number of benzene rings is 1. The van der Waals surface area contributed by atoms with Gasteiger partial charge in [0.2, 0.25) is 11.7 Å². The van der Waals surface area contributed by atoms with Crippen molar-refractivity contribution in [1.29, 1.82) is 0 Å². The fourth-order valence-electron chi connectivity index (χ4n) is 2.99. The van der Waals surface area contributed by atoms with Crippen molar-refractivity contribution in [2.75, 3.05) is 26.6 Å². The van der Waals surface area contributed by atoms with Gasteiger partial charge in [-0.3, -0.25) is 0 Å². The Bertz CT molecular complexity index is 976. The van der Waals surface area contributed by atoms with Crippen molar-refractivity contribution in [3.05, 3.63) is 35.1 Å². The SMILES string of the molecule is COc1cc(Nc2nccc(-c3sc(C4CC4)nc3C)n2)cc(OC)c1OC. The maximum atomic E-state index is 5.40. The van der Waals surface area contributed by atoms with E-state index in [1.54, 1.807) is 38.9 Å². The molecule has 4 rings (SSSR count). The lowest BCUT2D eigenvalue weighted by Gasteiger charge is -2.14. The molecule has 2 heterocycles. The first-order valence-electron chi connectivity index (χ1n) is 9.00. The summed E-state index contributed by atoms with van der Waals surface area (Å²) < 4.78 is 16.2. The lowest BCUT2D eigenvalue weighted by molar-refractivity contribution is 0.324. The first-order valence-corrected chi connectivity index (χ1v) is 9.82. The second kappa shape index (κ2) is 7.63. The Morgan fingerprint density at radius 2 is 1.75 bits per heavy atom. The molecule has 0 atom stereocenters. The summed E-state index contributed by atoms with van der Waals surface area (Å²) in [5.41, 5.74) is 2.63. The molecule has 0 aliphatic heterocycles.